The predicted molar refractivity (Wildman–Crippen MR) is 103 cm³/mol. The molecule has 8 heteroatoms. The first-order chi connectivity index (χ1) is 12.5. The number of fused-ring (bicyclic) bond motifs is 1. The lowest BCUT2D eigenvalue weighted by Crippen LogP contribution is -2.13. The van der Waals surface area contributed by atoms with Crippen molar-refractivity contribution in [2.45, 2.75) is 13.8 Å². The van der Waals surface area contributed by atoms with Crippen molar-refractivity contribution in [3.05, 3.63) is 64.0 Å². The van der Waals surface area contributed by atoms with E-state index in [0.29, 0.717) is 27.2 Å². The lowest BCUT2D eigenvalue weighted by Gasteiger charge is -2.08. The minimum absolute atomic E-state index is 0.252. The summed E-state index contributed by atoms with van der Waals surface area (Å²) in [6.45, 7) is 3.69. The predicted octanol–water partition coefficient (Wildman–Crippen LogP) is 4.38. The zero-order valence-electron chi connectivity index (χ0n) is 14.0. The Balaban J connectivity index is 1.82. The van der Waals surface area contributed by atoms with Crippen LogP contribution in [0.3, 0.4) is 0 Å². The number of aryl methyl sites for hydroxylation is 2. The highest BCUT2D eigenvalue weighted by Crippen LogP contribution is 2.27. The number of benzene rings is 1. The van der Waals surface area contributed by atoms with Crippen molar-refractivity contribution in [3.8, 4) is 11.1 Å². The van der Waals surface area contributed by atoms with Crippen LogP contribution >= 0.6 is 22.9 Å². The number of thiazole rings is 1. The van der Waals surface area contributed by atoms with Gasteiger partial charge in [-0.05, 0) is 37.6 Å². The molecule has 0 aliphatic rings. The number of rotatable bonds is 3. The molecule has 1 amide bonds. The summed E-state index contributed by atoms with van der Waals surface area (Å²) in [5, 5.41) is 10.2. The molecule has 1 N–H and O–H groups in total. The van der Waals surface area contributed by atoms with E-state index in [4.69, 9.17) is 11.6 Å². The first-order valence-corrected chi connectivity index (χ1v) is 9.12. The Hall–Kier alpha value is -2.77. The molecule has 4 rings (SSSR count). The van der Waals surface area contributed by atoms with Crippen LogP contribution in [0.5, 0.6) is 0 Å². The van der Waals surface area contributed by atoms with Gasteiger partial charge in [0, 0.05) is 22.2 Å². The van der Waals surface area contributed by atoms with Gasteiger partial charge in [-0.3, -0.25) is 10.1 Å². The van der Waals surface area contributed by atoms with Crippen LogP contribution in [0.2, 0.25) is 5.02 Å². The van der Waals surface area contributed by atoms with E-state index >= 15 is 0 Å². The van der Waals surface area contributed by atoms with Crippen LogP contribution in [0.1, 0.15) is 21.9 Å². The fraction of sp³-hybridized carbons (Fsp3) is 0.111. The Morgan fingerprint density at radius 2 is 2.08 bits per heavy atom. The molecule has 3 heterocycles. The normalized spacial score (nSPS) is 11.0. The van der Waals surface area contributed by atoms with Gasteiger partial charge in [-0.15, -0.1) is 11.3 Å². The van der Waals surface area contributed by atoms with Gasteiger partial charge in [-0.1, -0.05) is 23.7 Å². The van der Waals surface area contributed by atoms with Crippen molar-refractivity contribution in [1.29, 1.82) is 0 Å². The van der Waals surface area contributed by atoms with Crippen LogP contribution in [0, 0.1) is 13.8 Å². The molecule has 3 aromatic heterocycles. The summed E-state index contributed by atoms with van der Waals surface area (Å²) in [7, 11) is 0. The van der Waals surface area contributed by atoms with Crippen molar-refractivity contribution >= 4 is 39.6 Å². The van der Waals surface area contributed by atoms with Gasteiger partial charge < -0.3 is 0 Å². The Morgan fingerprint density at radius 1 is 1.23 bits per heavy atom. The third-order valence-electron chi connectivity index (χ3n) is 3.78. The average Bonchev–Trinajstić information content (AvgIpc) is 3.18. The van der Waals surface area contributed by atoms with Gasteiger partial charge >= 0.3 is 0 Å². The van der Waals surface area contributed by atoms with E-state index in [2.05, 4.69) is 20.4 Å². The molecule has 26 heavy (non-hydrogen) atoms. The van der Waals surface area contributed by atoms with Crippen molar-refractivity contribution in [1.82, 2.24) is 19.6 Å². The first kappa shape index (κ1) is 16.7. The summed E-state index contributed by atoms with van der Waals surface area (Å²) in [6, 6.07) is 9.23. The van der Waals surface area contributed by atoms with E-state index in [1.807, 2.05) is 37.4 Å². The molecule has 0 aliphatic heterocycles. The molecule has 0 fully saturated rings. The van der Waals surface area contributed by atoms with Gasteiger partial charge in [-0.2, -0.15) is 5.10 Å². The highest BCUT2D eigenvalue weighted by atomic mass is 35.5. The van der Waals surface area contributed by atoms with Gasteiger partial charge in [0.05, 0.1) is 11.3 Å². The van der Waals surface area contributed by atoms with Crippen LogP contribution in [-0.4, -0.2) is 25.5 Å². The Labute approximate surface area is 158 Å². The summed E-state index contributed by atoms with van der Waals surface area (Å²) in [4.78, 5) is 21.4. The van der Waals surface area contributed by atoms with Crippen LogP contribution in [0.4, 0.5) is 5.13 Å². The van der Waals surface area contributed by atoms with E-state index in [-0.39, 0.29) is 5.91 Å². The summed E-state index contributed by atoms with van der Waals surface area (Å²) in [5.74, 6) is 0.374. The lowest BCUT2D eigenvalue weighted by atomic mass is 10.0. The molecule has 4 aromatic rings. The second-order valence-corrected chi connectivity index (χ2v) is 7.12. The summed E-state index contributed by atoms with van der Waals surface area (Å²) in [6.07, 6.45) is 1.67. The van der Waals surface area contributed by atoms with Crippen LogP contribution in [-0.2, 0) is 0 Å². The maximum absolute atomic E-state index is 12.7. The number of hydrogen-bond donors (Lipinski definition) is 1. The molecule has 0 spiro atoms. The Morgan fingerprint density at radius 3 is 2.81 bits per heavy atom. The van der Waals surface area contributed by atoms with E-state index in [1.54, 1.807) is 22.8 Å². The van der Waals surface area contributed by atoms with Gasteiger partial charge in [0.25, 0.3) is 5.91 Å². The topological polar surface area (TPSA) is 72.2 Å². The molecule has 0 radical (unpaired) electrons. The molecule has 0 bridgehead atoms. The van der Waals surface area contributed by atoms with Crippen LogP contribution < -0.4 is 5.32 Å². The monoisotopic (exact) mass is 383 g/mol. The largest absolute Gasteiger partial charge is 0.298 e. The summed E-state index contributed by atoms with van der Waals surface area (Å²) in [5.41, 5.74) is 3.66. The smallest absolute Gasteiger partial charge is 0.259 e. The van der Waals surface area contributed by atoms with E-state index < -0.39 is 0 Å². The zero-order valence-corrected chi connectivity index (χ0v) is 15.6. The molecule has 0 atom stereocenters. The molecule has 0 saturated heterocycles. The van der Waals surface area contributed by atoms with Gasteiger partial charge in [0.1, 0.15) is 5.82 Å². The van der Waals surface area contributed by atoms with E-state index in [9.17, 15) is 4.79 Å². The number of aromatic nitrogens is 4. The zero-order chi connectivity index (χ0) is 18.3. The van der Waals surface area contributed by atoms with Gasteiger partial charge in [0.15, 0.2) is 10.8 Å². The number of halogens is 1. The molecular formula is C18H14ClN5OS. The van der Waals surface area contributed by atoms with Crippen LogP contribution in [0.15, 0.2) is 41.9 Å². The third-order valence-corrected chi connectivity index (χ3v) is 4.89. The lowest BCUT2D eigenvalue weighted by molar-refractivity contribution is 0.102. The molecule has 0 aliphatic carbocycles. The standard InChI is InChI=1S/C18H14ClN5OS/c1-10-9-26-18(20-10)22-17(25)13-7-15(12-4-3-5-14(19)6-12)16-21-11(2)23-24(16)8-13/h3-9H,1-2H3,(H,20,22,25). The number of nitrogens with zero attached hydrogens (tertiary/aromatic N) is 4. The molecular weight excluding hydrogens is 370 g/mol. The maximum Gasteiger partial charge on any atom is 0.259 e. The molecule has 0 saturated carbocycles. The Kier molecular flexibility index (Phi) is 4.18. The number of carbonyl (C=O) groups excluding carboxylic acids is 1. The number of pyridine rings is 1. The minimum Gasteiger partial charge on any atom is -0.298 e. The highest BCUT2D eigenvalue weighted by molar-refractivity contribution is 7.13. The van der Waals surface area contributed by atoms with Gasteiger partial charge in [0.2, 0.25) is 0 Å². The van der Waals surface area contributed by atoms with Crippen molar-refractivity contribution in [3.63, 3.8) is 0 Å². The number of carbonyl (C=O) groups is 1. The second kappa shape index (κ2) is 6.51. The van der Waals surface area contributed by atoms with Crippen molar-refractivity contribution in [2.24, 2.45) is 0 Å². The van der Waals surface area contributed by atoms with E-state index in [1.165, 1.54) is 11.3 Å². The maximum atomic E-state index is 12.7. The molecule has 0 unspecified atom stereocenters. The quantitative estimate of drug-likeness (QED) is 0.570. The fourth-order valence-corrected chi connectivity index (χ4v) is 3.54. The number of amides is 1. The molecule has 6 nitrogen and oxygen atoms in total. The fourth-order valence-electron chi connectivity index (χ4n) is 2.67. The van der Waals surface area contributed by atoms with Gasteiger partial charge in [-0.25, -0.2) is 14.5 Å². The number of anilines is 1. The SMILES string of the molecule is Cc1csc(NC(=O)c2cc(-c3cccc(Cl)c3)c3nc(C)nn3c2)n1. The third kappa shape index (κ3) is 3.18. The molecule has 130 valence electrons. The highest BCUT2D eigenvalue weighted by Gasteiger charge is 2.16. The number of nitrogens with one attached hydrogen (secondary N) is 1. The Bertz CT molecular complexity index is 1130. The van der Waals surface area contributed by atoms with Crippen LogP contribution in [0.25, 0.3) is 16.8 Å². The molecule has 1 aromatic carbocycles. The van der Waals surface area contributed by atoms with Crippen molar-refractivity contribution < 1.29 is 4.79 Å². The number of hydrogen-bond acceptors (Lipinski definition) is 5. The minimum atomic E-state index is -0.252. The summed E-state index contributed by atoms with van der Waals surface area (Å²) < 4.78 is 1.62. The second-order valence-electron chi connectivity index (χ2n) is 5.83. The average molecular weight is 384 g/mol. The van der Waals surface area contributed by atoms with E-state index in [0.717, 1.165) is 16.8 Å². The van der Waals surface area contributed by atoms with Crippen molar-refractivity contribution in [2.75, 3.05) is 5.32 Å². The summed E-state index contributed by atoms with van der Waals surface area (Å²) >= 11 is 7.52. The first-order valence-electron chi connectivity index (χ1n) is 7.86.